The molecule has 0 saturated carbocycles. The Morgan fingerprint density at radius 2 is 2.06 bits per heavy atom. The fourth-order valence-corrected chi connectivity index (χ4v) is 6.67. The summed E-state index contributed by atoms with van der Waals surface area (Å²) in [5.74, 6) is 0.939. The molecule has 1 amide bonds. The Bertz CT molecular complexity index is 1230. The average molecular weight is 554 g/mol. The normalized spacial score (nSPS) is 19.8. The molecule has 5 rings (SSSR count). The van der Waals surface area contributed by atoms with Crippen LogP contribution in [0, 0.1) is 12.3 Å². The summed E-state index contributed by atoms with van der Waals surface area (Å²) in [5.41, 5.74) is 2.19. The molecule has 0 aromatic carbocycles. The number of thiazole rings is 1. The highest BCUT2D eigenvalue weighted by atomic mass is 79.9. The molecule has 2 aliphatic rings. The smallest absolute Gasteiger partial charge is 0.408 e. The Morgan fingerprint density at radius 1 is 1.33 bits per heavy atom. The van der Waals surface area contributed by atoms with Crippen LogP contribution in [0.15, 0.2) is 16.9 Å². The fraction of sp³-hybridized carbons (Fsp3) is 0.545. The molecule has 4 heterocycles. The molecule has 1 fully saturated rings. The van der Waals surface area contributed by atoms with Gasteiger partial charge in [0.15, 0.2) is 10.3 Å². The first-order valence-corrected chi connectivity index (χ1v) is 12.9. The Morgan fingerprint density at radius 3 is 2.76 bits per heavy atom. The molecule has 0 unspecified atom stereocenters. The van der Waals surface area contributed by atoms with Gasteiger partial charge in [-0.3, -0.25) is 0 Å². The molecule has 1 aliphatic heterocycles. The summed E-state index contributed by atoms with van der Waals surface area (Å²) in [6, 6.07) is 1.83. The zero-order valence-electron chi connectivity index (χ0n) is 19.0. The summed E-state index contributed by atoms with van der Waals surface area (Å²) in [6.45, 7) is 9.23. The van der Waals surface area contributed by atoms with E-state index in [0.717, 1.165) is 64.6 Å². The lowest BCUT2D eigenvalue weighted by atomic mass is 9.73. The Balaban J connectivity index is 1.41. The van der Waals surface area contributed by atoms with Gasteiger partial charge in [-0.1, -0.05) is 11.6 Å². The number of nitrogens with one attached hydrogen (secondary N) is 1. The maximum absolute atomic E-state index is 12.7. The van der Waals surface area contributed by atoms with Gasteiger partial charge in [-0.25, -0.2) is 19.3 Å². The SMILES string of the molecule is Cc1nc(N2CCC3(CC2)Cc2nc(Cl)sc2[C@H]3NC(=O)OC(C)(C)C)c2ccnn2c1Br. The summed E-state index contributed by atoms with van der Waals surface area (Å²) >= 11 is 11.3. The van der Waals surface area contributed by atoms with E-state index in [4.69, 9.17) is 21.3 Å². The van der Waals surface area contributed by atoms with Gasteiger partial charge in [-0.05, 0) is 69.0 Å². The minimum absolute atomic E-state index is 0.118. The molecule has 1 atom stereocenters. The van der Waals surface area contributed by atoms with Crippen molar-refractivity contribution in [2.45, 2.75) is 58.6 Å². The number of fused-ring (bicyclic) bond motifs is 2. The number of carbonyl (C=O) groups excluding carboxylic acids is 1. The van der Waals surface area contributed by atoms with Crippen molar-refractivity contribution in [3.8, 4) is 0 Å². The predicted octanol–water partition coefficient (Wildman–Crippen LogP) is 5.32. The molecule has 33 heavy (non-hydrogen) atoms. The van der Waals surface area contributed by atoms with Gasteiger partial charge in [0, 0.05) is 18.5 Å². The first-order valence-electron chi connectivity index (χ1n) is 11.0. The molecule has 8 nitrogen and oxygen atoms in total. The maximum atomic E-state index is 12.7. The molecule has 11 heteroatoms. The summed E-state index contributed by atoms with van der Waals surface area (Å²) in [6.07, 6.45) is 3.98. The maximum Gasteiger partial charge on any atom is 0.408 e. The highest BCUT2D eigenvalue weighted by Gasteiger charge is 2.51. The molecule has 0 radical (unpaired) electrons. The number of hydrogen-bond acceptors (Lipinski definition) is 7. The number of carbonyl (C=O) groups is 1. The number of aryl methyl sites for hydroxylation is 1. The second-order valence-corrected chi connectivity index (χ2v) is 12.2. The van der Waals surface area contributed by atoms with Crippen LogP contribution in [0.3, 0.4) is 0 Å². The predicted molar refractivity (Wildman–Crippen MR) is 132 cm³/mol. The second kappa shape index (κ2) is 8.09. The van der Waals surface area contributed by atoms with Crippen molar-refractivity contribution in [1.29, 1.82) is 0 Å². The van der Waals surface area contributed by atoms with E-state index in [0.29, 0.717) is 4.47 Å². The van der Waals surface area contributed by atoms with Crippen molar-refractivity contribution in [3.05, 3.63) is 37.6 Å². The van der Waals surface area contributed by atoms with E-state index in [1.54, 1.807) is 6.20 Å². The van der Waals surface area contributed by atoms with E-state index >= 15 is 0 Å². The van der Waals surface area contributed by atoms with E-state index in [-0.39, 0.29) is 11.5 Å². The van der Waals surface area contributed by atoms with Crippen LogP contribution in [0.25, 0.3) is 5.52 Å². The third-order valence-corrected chi connectivity index (χ3v) is 8.62. The van der Waals surface area contributed by atoms with Crippen LogP contribution in [0.4, 0.5) is 10.6 Å². The Hall–Kier alpha value is -1.91. The summed E-state index contributed by atoms with van der Waals surface area (Å²) < 4.78 is 8.84. The molecule has 1 spiro atoms. The molecule has 3 aromatic heterocycles. The number of nitrogens with zero attached hydrogens (tertiary/aromatic N) is 5. The highest BCUT2D eigenvalue weighted by molar-refractivity contribution is 9.10. The number of alkyl carbamates (subject to hydrolysis) is 1. The first-order chi connectivity index (χ1) is 15.6. The molecule has 176 valence electrons. The standard InChI is InChI=1S/C22H26BrClN6O2S/c1-12-17(23)30-14(5-8-25-30)18(26-12)29-9-6-22(7-10-29)11-13-15(33-19(24)27-13)16(22)28-20(31)32-21(2,3)4/h5,8,16H,6-7,9-11H2,1-4H3,(H,28,31)/t16-/m1/s1. The number of ether oxygens (including phenoxy) is 1. The van der Waals surface area contributed by atoms with Crippen LogP contribution in [0.5, 0.6) is 0 Å². The van der Waals surface area contributed by atoms with E-state index in [2.05, 4.69) is 36.2 Å². The summed E-state index contributed by atoms with van der Waals surface area (Å²) in [7, 11) is 0. The number of anilines is 1. The Kier molecular flexibility index (Phi) is 5.61. The quantitative estimate of drug-likeness (QED) is 0.462. The van der Waals surface area contributed by atoms with Crippen LogP contribution >= 0.6 is 38.9 Å². The lowest BCUT2D eigenvalue weighted by Gasteiger charge is -2.43. The van der Waals surface area contributed by atoms with Gasteiger partial charge in [-0.15, -0.1) is 11.3 Å². The largest absolute Gasteiger partial charge is 0.444 e. The van der Waals surface area contributed by atoms with Gasteiger partial charge in [0.25, 0.3) is 0 Å². The number of halogens is 2. The van der Waals surface area contributed by atoms with Gasteiger partial charge in [0.1, 0.15) is 15.7 Å². The van der Waals surface area contributed by atoms with Crippen molar-refractivity contribution in [3.63, 3.8) is 0 Å². The molecular formula is C22H26BrClN6O2S. The number of amides is 1. The van der Waals surface area contributed by atoms with E-state index in [9.17, 15) is 4.79 Å². The molecular weight excluding hydrogens is 528 g/mol. The van der Waals surface area contributed by atoms with Gasteiger partial charge in [0.2, 0.25) is 0 Å². The minimum Gasteiger partial charge on any atom is -0.444 e. The van der Waals surface area contributed by atoms with Gasteiger partial charge in [-0.2, -0.15) is 5.10 Å². The van der Waals surface area contributed by atoms with Crippen LogP contribution in [-0.4, -0.2) is 44.4 Å². The van der Waals surface area contributed by atoms with Gasteiger partial charge in [0.05, 0.1) is 28.5 Å². The number of aromatic nitrogens is 4. The van der Waals surface area contributed by atoms with E-state index in [1.165, 1.54) is 11.3 Å². The van der Waals surface area contributed by atoms with Crippen LogP contribution < -0.4 is 10.2 Å². The summed E-state index contributed by atoms with van der Waals surface area (Å²) in [5, 5.41) is 7.59. The fourth-order valence-electron chi connectivity index (χ4n) is 4.95. The second-order valence-electron chi connectivity index (χ2n) is 9.82. The van der Waals surface area contributed by atoms with Gasteiger partial charge < -0.3 is 15.0 Å². The average Bonchev–Trinajstić information content (AvgIpc) is 3.40. The number of rotatable bonds is 2. The zero-order valence-corrected chi connectivity index (χ0v) is 22.1. The lowest BCUT2D eigenvalue weighted by Crippen LogP contribution is -2.48. The van der Waals surface area contributed by atoms with E-state index in [1.807, 2.05) is 38.3 Å². The summed E-state index contributed by atoms with van der Waals surface area (Å²) in [4.78, 5) is 25.5. The monoisotopic (exact) mass is 552 g/mol. The minimum atomic E-state index is -0.560. The van der Waals surface area contributed by atoms with Crippen molar-refractivity contribution in [2.75, 3.05) is 18.0 Å². The van der Waals surface area contributed by atoms with Crippen LogP contribution in [0.1, 0.15) is 55.9 Å². The third-order valence-electron chi connectivity index (χ3n) is 6.45. The van der Waals surface area contributed by atoms with Crippen molar-refractivity contribution in [2.24, 2.45) is 5.41 Å². The third kappa shape index (κ3) is 4.10. The van der Waals surface area contributed by atoms with E-state index < -0.39 is 11.7 Å². The van der Waals surface area contributed by atoms with Crippen LogP contribution in [-0.2, 0) is 11.2 Å². The topological polar surface area (TPSA) is 84.7 Å². The number of piperidine rings is 1. The molecule has 0 bridgehead atoms. The highest BCUT2D eigenvalue weighted by Crippen LogP contribution is 2.54. The first kappa shape index (κ1) is 22.9. The lowest BCUT2D eigenvalue weighted by molar-refractivity contribution is 0.0430. The zero-order chi connectivity index (χ0) is 23.5. The van der Waals surface area contributed by atoms with Crippen molar-refractivity contribution in [1.82, 2.24) is 24.9 Å². The van der Waals surface area contributed by atoms with Crippen molar-refractivity contribution >= 4 is 56.3 Å². The van der Waals surface area contributed by atoms with Gasteiger partial charge >= 0.3 is 6.09 Å². The van der Waals surface area contributed by atoms with Crippen LogP contribution in [0.2, 0.25) is 4.47 Å². The number of hydrogen-bond donors (Lipinski definition) is 1. The Labute approximate surface area is 209 Å². The van der Waals surface area contributed by atoms with Crippen molar-refractivity contribution < 1.29 is 9.53 Å². The molecule has 1 N–H and O–H groups in total. The molecule has 3 aromatic rings. The molecule has 1 saturated heterocycles. The molecule has 1 aliphatic carbocycles.